The number of thiocarbonyl (C=S) groups is 1. The van der Waals surface area contributed by atoms with Crippen LogP contribution in [0.4, 0.5) is 0 Å². The van der Waals surface area contributed by atoms with E-state index in [-0.39, 0.29) is 5.91 Å². The van der Waals surface area contributed by atoms with Crippen molar-refractivity contribution in [2.75, 3.05) is 34.5 Å². The SMILES string of the molecule is COCCCN1C(=O)C(=Cc2ccc(OC)c(OC)c2)SC1=S. The Labute approximate surface area is 145 Å². The zero-order valence-corrected chi connectivity index (χ0v) is 15.0. The molecule has 1 fully saturated rings. The van der Waals surface area contributed by atoms with Gasteiger partial charge in [-0.3, -0.25) is 9.69 Å². The van der Waals surface area contributed by atoms with Gasteiger partial charge >= 0.3 is 0 Å². The Kier molecular flexibility index (Phi) is 6.44. The number of carbonyl (C=O) groups excluding carboxylic acids is 1. The van der Waals surface area contributed by atoms with Gasteiger partial charge in [0.15, 0.2) is 11.5 Å². The number of hydrogen-bond acceptors (Lipinski definition) is 6. The van der Waals surface area contributed by atoms with Gasteiger partial charge in [0.05, 0.1) is 19.1 Å². The molecule has 0 saturated carbocycles. The van der Waals surface area contributed by atoms with Crippen LogP contribution in [0, 0.1) is 0 Å². The summed E-state index contributed by atoms with van der Waals surface area (Å²) in [5.41, 5.74) is 0.861. The van der Waals surface area contributed by atoms with E-state index >= 15 is 0 Å². The summed E-state index contributed by atoms with van der Waals surface area (Å²) in [7, 11) is 4.81. The van der Waals surface area contributed by atoms with E-state index in [0.29, 0.717) is 33.9 Å². The fourth-order valence-corrected chi connectivity index (χ4v) is 3.46. The minimum absolute atomic E-state index is 0.0640. The van der Waals surface area contributed by atoms with E-state index in [1.165, 1.54) is 11.8 Å². The Morgan fingerprint density at radius 3 is 2.61 bits per heavy atom. The highest BCUT2D eigenvalue weighted by Crippen LogP contribution is 2.34. The van der Waals surface area contributed by atoms with E-state index in [2.05, 4.69) is 0 Å². The molecule has 0 unspecified atom stereocenters. The molecule has 0 bridgehead atoms. The molecule has 0 N–H and O–H groups in total. The van der Waals surface area contributed by atoms with Gasteiger partial charge in [-0.25, -0.2) is 0 Å². The predicted octanol–water partition coefficient (Wildman–Crippen LogP) is 2.94. The first kappa shape index (κ1) is 17.8. The first-order valence-electron chi connectivity index (χ1n) is 7.07. The number of benzene rings is 1. The first-order valence-corrected chi connectivity index (χ1v) is 8.29. The molecule has 1 saturated heterocycles. The molecule has 0 radical (unpaired) electrons. The largest absolute Gasteiger partial charge is 0.493 e. The Bertz CT molecular complexity index is 631. The molecule has 1 aliphatic heterocycles. The minimum Gasteiger partial charge on any atom is -0.493 e. The van der Waals surface area contributed by atoms with Gasteiger partial charge in [-0.1, -0.05) is 30.0 Å². The number of amides is 1. The monoisotopic (exact) mass is 353 g/mol. The number of methoxy groups -OCH3 is 3. The van der Waals surface area contributed by atoms with E-state index in [9.17, 15) is 4.79 Å². The summed E-state index contributed by atoms with van der Waals surface area (Å²) in [6, 6.07) is 5.51. The molecule has 1 heterocycles. The lowest BCUT2D eigenvalue weighted by atomic mass is 10.2. The standard InChI is InChI=1S/C16H19NO4S2/c1-19-8-4-7-17-15(18)14(23-16(17)22)10-11-5-6-12(20-2)13(9-11)21-3/h5-6,9-10H,4,7-8H2,1-3H3. The zero-order valence-electron chi connectivity index (χ0n) is 13.3. The maximum atomic E-state index is 12.4. The third-order valence-electron chi connectivity index (χ3n) is 3.31. The van der Waals surface area contributed by atoms with Crippen molar-refractivity contribution in [3.8, 4) is 11.5 Å². The average Bonchev–Trinajstić information content (AvgIpc) is 2.82. The van der Waals surface area contributed by atoms with Crippen LogP contribution in [0.15, 0.2) is 23.1 Å². The van der Waals surface area contributed by atoms with Crippen molar-refractivity contribution in [2.24, 2.45) is 0 Å². The molecule has 1 aromatic rings. The van der Waals surface area contributed by atoms with Gasteiger partial charge in [-0.05, 0) is 30.2 Å². The summed E-state index contributed by atoms with van der Waals surface area (Å²) in [5, 5.41) is 0. The molecular formula is C16H19NO4S2. The first-order chi connectivity index (χ1) is 11.1. The molecule has 7 heteroatoms. The second kappa shape index (κ2) is 8.33. The Balaban J connectivity index is 2.17. The number of thioether (sulfide) groups is 1. The molecule has 2 rings (SSSR count). The highest BCUT2D eigenvalue weighted by atomic mass is 32.2. The Hall–Kier alpha value is -1.57. The van der Waals surface area contributed by atoms with Crippen LogP contribution in [0.25, 0.3) is 6.08 Å². The number of rotatable bonds is 7. The van der Waals surface area contributed by atoms with Crippen molar-refractivity contribution in [3.63, 3.8) is 0 Å². The maximum Gasteiger partial charge on any atom is 0.266 e. The zero-order chi connectivity index (χ0) is 16.8. The molecule has 5 nitrogen and oxygen atoms in total. The normalized spacial score (nSPS) is 16.3. The van der Waals surface area contributed by atoms with Crippen LogP contribution >= 0.6 is 24.0 Å². The van der Waals surface area contributed by atoms with Crippen molar-refractivity contribution < 1.29 is 19.0 Å². The molecule has 23 heavy (non-hydrogen) atoms. The Morgan fingerprint density at radius 1 is 1.22 bits per heavy atom. The Morgan fingerprint density at radius 2 is 1.96 bits per heavy atom. The van der Waals surface area contributed by atoms with E-state index in [0.717, 1.165) is 12.0 Å². The maximum absolute atomic E-state index is 12.4. The second-order valence-electron chi connectivity index (χ2n) is 4.79. The summed E-state index contributed by atoms with van der Waals surface area (Å²) in [6.07, 6.45) is 2.57. The topological polar surface area (TPSA) is 48.0 Å². The molecule has 0 atom stereocenters. The molecular weight excluding hydrogens is 334 g/mol. The summed E-state index contributed by atoms with van der Waals surface area (Å²) in [5.74, 6) is 1.21. The fourth-order valence-electron chi connectivity index (χ4n) is 2.15. The number of ether oxygens (including phenoxy) is 3. The van der Waals surface area contributed by atoms with Gasteiger partial charge in [0.25, 0.3) is 5.91 Å². The third kappa shape index (κ3) is 4.25. The molecule has 1 amide bonds. The summed E-state index contributed by atoms with van der Waals surface area (Å²) in [6.45, 7) is 1.17. The van der Waals surface area contributed by atoms with Crippen LogP contribution in [0.1, 0.15) is 12.0 Å². The van der Waals surface area contributed by atoms with Crippen LogP contribution in [0.5, 0.6) is 11.5 Å². The van der Waals surface area contributed by atoms with Crippen LogP contribution in [-0.2, 0) is 9.53 Å². The smallest absolute Gasteiger partial charge is 0.266 e. The van der Waals surface area contributed by atoms with Crippen molar-refractivity contribution in [1.29, 1.82) is 0 Å². The summed E-state index contributed by atoms with van der Waals surface area (Å²) < 4.78 is 16.1. The van der Waals surface area contributed by atoms with Gasteiger partial charge in [0.2, 0.25) is 0 Å². The average molecular weight is 353 g/mol. The van der Waals surface area contributed by atoms with Crippen molar-refractivity contribution >= 4 is 40.3 Å². The number of nitrogens with zero attached hydrogens (tertiary/aromatic N) is 1. The summed E-state index contributed by atoms with van der Waals surface area (Å²) >= 11 is 6.60. The van der Waals surface area contributed by atoms with Gasteiger partial charge in [0, 0.05) is 20.3 Å². The molecule has 0 aromatic heterocycles. The summed E-state index contributed by atoms with van der Waals surface area (Å²) in [4.78, 5) is 14.7. The molecule has 0 aliphatic carbocycles. The van der Waals surface area contributed by atoms with Crippen molar-refractivity contribution in [1.82, 2.24) is 4.90 Å². The lowest BCUT2D eigenvalue weighted by Crippen LogP contribution is -2.29. The number of carbonyl (C=O) groups is 1. The van der Waals surface area contributed by atoms with Crippen LogP contribution < -0.4 is 9.47 Å². The molecule has 1 aromatic carbocycles. The fraction of sp³-hybridized carbons (Fsp3) is 0.375. The minimum atomic E-state index is -0.0640. The molecule has 1 aliphatic rings. The van der Waals surface area contributed by atoms with Gasteiger partial charge < -0.3 is 14.2 Å². The lowest BCUT2D eigenvalue weighted by Gasteiger charge is -2.13. The highest BCUT2D eigenvalue weighted by molar-refractivity contribution is 8.26. The van der Waals surface area contributed by atoms with Crippen LogP contribution in [0.2, 0.25) is 0 Å². The van der Waals surface area contributed by atoms with E-state index in [4.69, 9.17) is 26.4 Å². The van der Waals surface area contributed by atoms with E-state index in [1.54, 1.807) is 26.2 Å². The van der Waals surface area contributed by atoms with Crippen molar-refractivity contribution in [2.45, 2.75) is 6.42 Å². The van der Waals surface area contributed by atoms with Crippen LogP contribution in [0.3, 0.4) is 0 Å². The highest BCUT2D eigenvalue weighted by Gasteiger charge is 2.31. The van der Waals surface area contributed by atoms with Gasteiger partial charge in [0.1, 0.15) is 4.32 Å². The van der Waals surface area contributed by atoms with E-state index < -0.39 is 0 Å². The second-order valence-corrected chi connectivity index (χ2v) is 6.47. The predicted molar refractivity (Wildman–Crippen MR) is 95.9 cm³/mol. The molecule has 124 valence electrons. The molecule has 0 spiro atoms. The van der Waals surface area contributed by atoms with Crippen LogP contribution in [-0.4, -0.2) is 49.6 Å². The lowest BCUT2D eigenvalue weighted by molar-refractivity contribution is -0.122. The van der Waals surface area contributed by atoms with Crippen molar-refractivity contribution in [3.05, 3.63) is 28.7 Å². The third-order valence-corrected chi connectivity index (χ3v) is 4.69. The number of hydrogen-bond donors (Lipinski definition) is 0. The van der Waals surface area contributed by atoms with Gasteiger partial charge in [-0.2, -0.15) is 0 Å². The quantitative estimate of drug-likeness (QED) is 0.427. The van der Waals surface area contributed by atoms with E-state index in [1.807, 2.05) is 24.3 Å². The van der Waals surface area contributed by atoms with Gasteiger partial charge in [-0.15, -0.1) is 0 Å².